The smallest absolute Gasteiger partial charge is 0.344 e. The summed E-state index contributed by atoms with van der Waals surface area (Å²) < 4.78 is 14.6. The highest BCUT2D eigenvalue weighted by Gasteiger charge is 2.15. The first-order valence-corrected chi connectivity index (χ1v) is 5.87. The van der Waals surface area contributed by atoms with E-state index in [-0.39, 0.29) is 17.9 Å². The zero-order chi connectivity index (χ0) is 14.3. The molecular weight excluding hydrogens is 252 g/mol. The maximum atomic E-state index is 11.7. The van der Waals surface area contributed by atoms with Gasteiger partial charge in [0.1, 0.15) is 17.1 Å². The van der Waals surface area contributed by atoms with Crippen LogP contribution in [-0.4, -0.2) is 36.9 Å². The van der Waals surface area contributed by atoms with Gasteiger partial charge in [0, 0.05) is 0 Å². The van der Waals surface area contributed by atoms with Gasteiger partial charge in [0.05, 0.1) is 13.2 Å². The van der Waals surface area contributed by atoms with E-state index < -0.39 is 18.5 Å². The Morgan fingerprint density at radius 1 is 1.16 bits per heavy atom. The predicted molar refractivity (Wildman–Crippen MR) is 66.2 cm³/mol. The number of hydrogen-bond donors (Lipinski definition) is 1. The summed E-state index contributed by atoms with van der Waals surface area (Å²) in [5.74, 6) is -1.26. The highest BCUT2D eigenvalue weighted by molar-refractivity contribution is 5.93. The van der Waals surface area contributed by atoms with E-state index in [9.17, 15) is 14.7 Å². The summed E-state index contributed by atoms with van der Waals surface area (Å²) in [5.41, 5.74) is -0.0600. The second-order valence-electron chi connectivity index (χ2n) is 3.49. The van der Waals surface area contributed by atoms with Crippen LogP contribution in [0.15, 0.2) is 18.2 Å². The van der Waals surface area contributed by atoms with Crippen molar-refractivity contribution in [1.29, 1.82) is 0 Å². The summed E-state index contributed by atoms with van der Waals surface area (Å²) in [6.07, 6.45) is 0. The molecule has 6 heteroatoms. The van der Waals surface area contributed by atoms with Crippen molar-refractivity contribution in [3.63, 3.8) is 0 Å². The van der Waals surface area contributed by atoms with Crippen molar-refractivity contribution in [1.82, 2.24) is 0 Å². The van der Waals surface area contributed by atoms with Crippen molar-refractivity contribution in [3.8, 4) is 11.5 Å². The third-order valence-corrected chi connectivity index (χ3v) is 2.13. The number of hydrogen-bond acceptors (Lipinski definition) is 6. The van der Waals surface area contributed by atoms with Crippen molar-refractivity contribution in [2.24, 2.45) is 0 Å². The largest absolute Gasteiger partial charge is 0.507 e. The highest BCUT2D eigenvalue weighted by atomic mass is 16.6. The van der Waals surface area contributed by atoms with E-state index in [1.807, 2.05) is 0 Å². The molecule has 1 rings (SSSR count). The Hall–Kier alpha value is -2.24. The number of phenolic OH excluding ortho intramolecular Hbond substituents is 1. The first kappa shape index (κ1) is 14.8. The number of carbonyl (C=O) groups excluding carboxylic acids is 2. The van der Waals surface area contributed by atoms with Crippen LogP contribution in [0.1, 0.15) is 24.2 Å². The maximum Gasteiger partial charge on any atom is 0.344 e. The molecule has 0 atom stereocenters. The van der Waals surface area contributed by atoms with E-state index in [1.165, 1.54) is 18.2 Å². The van der Waals surface area contributed by atoms with Gasteiger partial charge in [-0.2, -0.15) is 0 Å². The van der Waals surface area contributed by atoms with E-state index in [0.29, 0.717) is 12.4 Å². The van der Waals surface area contributed by atoms with Crippen molar-refractivity contribution in [2.75, 3.05) is 19.8 Å². The van der Waals surface area contributed by atoms with E-state index >= 15 is 0 Å². The van der Waals surface area contributed by atoms with Gasteiger partial charge in [-0.1, -0.05) is 0 Å². The quantitative estimate of drug-likeness (QED) is 0.787. The van der Waals surface area contributed by atoms with Gasteiger partial charge in [-0.15, -0.1) is 0 Å². The second-order valence-corrected chi connectivity index (χ2v) is 3.49. The molecule has 0 aromatic heterocycles. The summed E-state index contributed by atoms with van der Waals surface area (Å²) in [4.78, 5) is 22.7. The third kappa shape index (κ3) is 4.50. The van der Waals surface area contributed by atoms with Crippen molar-refractivity contribution in [3.05, 3.63) is 23.8 Å². The van der Waals surface area contributed by atoms with Crippen LogP contribution in [-0.2, 0) is 14.3 Å². The molecule has 1 aromatic rings. The number of aromatic hydroxyl groups is 1. The molecule has 1 N–H and O–H groups in total. The summed E-state index contributed by atoms with van der Waals surface area (Å²) in [6, 6.07) is 4.21. The van der Waals surface area contributed by atoms with Gasteiger partial charge in [0.25, 0.3) is 0 Å². The molecular formula is C13H16O6. The lowest BCUT2D eigenvalue weighted by Gasteiger charge is -2.08. The normalized spacial score (nSPS) is 9.79. The molecule has 0 fully saturated rings. The molecule has 0 aliphatic rings. The fraction of sp³-hybridized carbons (Fsp3) is 0.385. The number of ether oxygens (including phenoxy) is 3. The van der Waals surface area contributed by atoms with Crippen LogP contribution >= 0.6 is 0 Å². The first-order valence-electron chi connectivity index (χ1n) is 5.87. The second kappa shape index (κ2) is 7.25. The van der Waals surface area contributed by atoms with Gasteiger partial charge >= 0.3 is 11.9 Å². The lowest BCUT2D eigenvalue weighted by atomic mass is 10.2. The minimum atomic E-state index is -0.813. The Labute approximate surface area is 110 Å². The molecule has 19 heavy (non-hydrogen) atoms. The summed E-state index contributed by atoms with van der Waals surface area (Å²) in [5, 5.41) is 9.57. The topological polar surface area (TPSA) is 82.1 Å². The zero-order valence-corrected chi connectivity index (χ0v) is 10.8. The van der Waals surface area contributed by atoms with Crippen LogP contribution in [0.3, 0.4) is 0 Å². The Morgan fingerprint density at radius 3 is 2.53 bits per heavy atom. The fourth-order valence-electron chi connectivity index (χ4n) is 1.34. The van der Waals surface area contributed by atoms with Gasteiger partial charge in [0.15, 0.2) is 6.61 Å². The minimum Gasteiger partial charge on any atom is -0.507 e. The van der Waals surface area contributed by atoms with Gasteiger partial charge in [-0.25, -0.2) is 9.59 Å². The lowest BCUT2D eigenvalue weighted by molar-refractivity contribution is -0.146. The van der Waals surface area contributed by atoms with Crippen LogP contribution in [0.4, 0.5) is 0 Å². The predicted octanol–water partition coefficient (Wildman–Crippen LogP) is 1.51. The molecule has 1 aromatic carbocycles. The number of phenols is 1. The standard InChI is InChI=1S/C13H16O6/c1-3-17-9-5-6-11(14)10(7-9)13(16)19-8-12(15)18-4-2/h5-7,14H,3-4,8H2,1-2H3. The Morgan fingerprint density at radius 2 is 1.89 bits per heavy atom. The van der Waals surface area contributed by atoms with E-state index in [4.69, 9.17) is 9.47 Å². The van der Waals surface area contributed by atoms with Gasteiger partial charge in [-0.3, -0.25) is 0 Å². The summed E-state index contributed by atoms with van der Waals surface area (Å²) in [7, 11) is 0. The summed E-state index contributed by atoms with van der Waals surface area (Å²) in [6.45, 7) is 3.59. The molecule has 0 aliphatic heterocycles. The molecule has 0 spiro atoms. The zero-order valence-electron chi connectivity index (χ0n) is 10.8. The number of esters is 2. The molecule has 6 nitrogen and oxygen atoms in total. The Bertz CT molecular complexity index is 454. The molecule has 0 saturated heterocycles. The van der Waals surface area contributed by atoms with Crippen LogP contribution < -0.4 is 4.74 Å². The van der Waals surface area contributed by atoms with Gasteiger partial charge < -0.3 is 19.3 Å². The first-order chi connectivity index (χ1) is 9.08. The van der Waals surface area contributed by atoms with Crippen molar-refractivity contribution < 1.29 is 28.9 Å². The molecule has 0 heterocycles. The van der Waals surface area contributed by atoms with Gasteiger partial charge in [-0.05, 0) is 32.0 Å². The van der Waals surface area contributed by atoms with Crippen molar-refractivity contribution in [2.45, 2.75) is 13.8 Å². The van der Waals surface area contributed by atoms with Crippen molar-refractivity contribution >= 4 is 11.9 Å². The minimum absolute atomic E-state index is 0.0600. The van der Waals surface area contributed by atoms with E-state index in [2.05, 4.69) is 4.74 Å². The molecule has 0 radical (unpaired) electrons. The molecule has 104 valence electrons. The molecule has 0 unspecified atom stereocenters. The van der Waals surface area contributed by atoms with Crippen LogP contribution in [0.25, 0.3) is 0 Å². The third-order valence-electron chi connectivity index (χ3n) is 2.13. The molecule has 0 amide bonds. The lowest BCUT2D eigenvalue weighted by Crippen LogP contribution is -2.16. The monoisotopic (exact) mass is 268 g/mol. The summed E-state index contributed by atoms with van der Waals surface area (Å²) >= 11 is 0. The number of benzene rings is 1. The maximum absolute atomic E-state index is 11.7. The SMILES string of the molecule is CCOC(=O)COC(=O)c1cc(OCC)ccc1O. The van der Waals surface area contributed by atoms with Gasteiger partial charge in [0.2, 0.25) is 0 Å². The highest BCUT2D eigenvalue weighted by Crippen LogP contribution is 2.23. The Balaban J connectivity index is 2.70. The van der Waals surface area contributed by atoms with Crippen LogP contribution in [0.2, 0.25) is 0 Å². The molecule has 0 bridgehead atoms. The number of rotatable bonds is 6. The average Bonchev–Trinajstić information content (AvgIpc) is 2.39. The van der Waals surface area contributed by atoms with E-state index in [1.54, 1.807) is 13.8 Å². The molecule has 0 saturated carbocycles. The van der Waals surface area contributed by atoms with Crippen LogP contribution in [0.5, 0.6) is 11.5 Å². The van der Waals surface area contributed by atoms with Crippen LogP contribution in [0, 0.1) is 0 Å². The number of carbonyl (C=O) groups is 2. The fourth-order valence-corrected chi connectivity index (χ4v) is 1.34. The molecule has 0 aliphatic carbocycles. The Kier molecular flexibility index (Phi) is 5.66. The van der Waals surface area contributed by atoms with E-state index in [0.717, 1.165) is 0 Å². The average molecular weight is 268 g/mol.